The second-order valence-corrected chi connectivity index (χ2v) is 6.17. The average Bonchev–Trinajstić information content (AvgIpc) is 3.04. The molecule has 0 aromatic carbocycles. The van der Waals surface area contributed by atoms with E-state index >= 15 is 0 Å². The van der Waals surface area contributed by atoms with Crippen molar-refractivity contribution in [3.63, 3.8) is 0 Å². The molecule has 0 N–H and O–H groups in total. The minimum absolute atomic E-state index is 0.0589. The van der Waals surface area contributed by atoms with Crippen molar-refractivity contribution in [1.29, 1.82) is 0 Å². The van der Waals surface area contributed by atoms with E-state index in [4.69, 9.17) is 9.47 Å². The Morgan fingerprint density at radius 1 is 1.30 bits per heavy atom. The molecule has 1 aliphatic carbocycles. The van der Waals surface area contributed by atoms with Gasteiger partial charge in [-0.25, -0.2) is 4.79 Å². The molecule has 1 heterocycles. The van der Waals surface area contributed by atoms with E-state index in [-0.39, 0.29) is 36.1 Å². The third-order valence-corrected chi connectivity index (χ3v) is 4.43. The van der Waals surface area contributed by atoms with E-state index < -0.39 is 0 Å². The van der Waals surface area contributed by atoms with Gasteiger partial charge in [-0.05, 0) is 45.4 Å². The summed E-state index contributed by atoms with van der Waals surface area (Å²) in [6, 6.07) is -0.0589. The van der Waals surface area contributed by atoms with Crippen LogP contribution in [0.1, 0.15) is 45.4 Å². The van der Waals surface area contributed by atoms with Gasteiger partial charge in [0.25, 0.3) is 0 Å². The summed E-state index contributed by atoms with van der Waals surface area (Å²) in [4.78, 5) is 25.1. The predicted octanol–water partition coefficient (Wildman–Crippen LogP) is 2.39. The third-order valence-electron chi connectivity index (χ3n) is 4.17. The summed E-state index contributed by atoms with van der Waals surface area (Å²) >= 11 is 3.86. The first-order chi connectivity index (χ1) is 9.54. The maximum Gasteiger partial charge on any atom is 0.410 e. The highest BCUT2D eigenvalue weighted by atomic mass is 32.1. The van der Waals surface area contributed by atoms with Gasteiger partial charge >= 0.3 is 12.1 Å². The number of rotatable bonds is 4. The molecule has 1 unspecified atom stereocenters. The summed E-state index contributed by atoms with van der Waals surface area (Å²) in [5, 5.41) is 0. The molecule has 1 aliphatic heterocycles. The van der Waals surface area contributed by atoms with Gasteiger partial charge in [0.1, 0.15) is 12.2 Å². The molecule has 2 aliphatic rings. The van der Waals surface area contributed by atoms with Gasteiger partial charge < -0.3 is 14.4 Å². The number of likely N-dealkylation sites (tertiary alicyclic amines) is 1. The second-order valence-electron chi connectivity index (χ2n) is 5.86. The van der Waals surface area contributed by atoms with Crippen molar-refractivity contribution in [3.05, 3.63) is 0 Å². The number of ether oxygens (including phenoxy) is 2. The van der Waals surface area contributed by atoms with Crippen LogP contribution in [0.5, 0.6) is 0 Å². The molecule has 1 amide bonds. The van der Waals surface area contributed by atoms with Crippen molar-refractivity contribution in [1.82, 2.24) is 4.90 Å². The molecule has 114 valence electrons. The summed E-state index contributed by atoms with van der Waals surface area (Å²) in [6.45, 7) is 2.92. The number of amides is 1. The Bertz CT molecular complexity index is 368. The van der Waals surface area contributed by atoms with E-state index in [1.165, 1.54) is 0 Å². The molecule has 6 heteroatoms. The molecular weight excluding hydrogens is 278 g/mol. The zero-order valence-corrected chi connectivity index (χ0v) is 12.9. The lowest BCUT2D eigenvalue weighted by atomic mass is 10.1. The Kier molecular flexibility index (Phi) is 5.18. The molecule has 0 spiro atoms. The molecule has 1 saturated heterocycles. The molecule has 0 radical (unpaired) electrons. The Balaban J connectivity index is 1.86. The van der Waals surface area contributed by atoms with Crippen LogP contribution in [0, 0.1) is 0 Å². The van der Waals surface area contributed by atoms with Crippen molar-refractivity contribution in [2.75, 3.05) is 18.9 Å². The van der Waals surface area contributed by atoms with Gasteiger partial charge in [0, 0.05) is 6.54 Å². The van der Waals surface area contributed by atoms with Crippen molar-refractivity contribution < 1.29 is 19.1 Å². The largest absolute Gasteiger partial charge is 0.463 e. The molecule has 0 aromatic heterocycles. The maximum atomic E-state index is 12.3. The van der Waals surface area contributed by atoms with Crippen LogP contribution < -0.4 is 0 Å². The normalized spacial score (nSPS) is 24.7. The van der Waals surface area contributed by atoms with Gasteiger partial charge in [0.05, 0.1) is 11.8 Å². The smallest absolute Gasteiger partial charge is 0.410 e. The van der Waals surface area contributed by atoms with E-state index in [1.807, 2.05) is 6.92 Å². The molecule has 1 atom stereocenters. The monoisotopic (exact) mass is 301 g/mol. The van der Waals surface area contributed by atoms with E-state index in [0.717, 1.165) is 38.5 Å². The van der Waals surface area contributed by atoms with Gasteiger partial charge in [-0.2, -0.15) is 12.6 Å². The standard InChI is InChI=1S/C14H23NO4S/c1-14(6-2-3-7-14)19-13(17)15-8-4-5-11(15)9-18-12(16)10-20/h11,20H,2-10H2,1H3. The van der Waals surface area contributed by atoms with Crippen LogP contribution in [-0.2, 0) is 14.3 Å². The molecular formula is C14H23NO4S. The van der Waals surface area contributed by atoms with E-state index in [0.29, 0.717) is 6.54 Å². The van der Waals surface area contributed by atoms with Crippen LogP contribution >= 0.6 is 12.6 Å². The first-order valence-corrected chi connectivity index (χ1v) is 7.93. The van der Waals surface area contributed by atoms with Gasteiger partial charge in [-0.1, -0.05) is 0 Å². The van der Waals surface area contributed by atoms with E-state index in [9.17, 15) is 9.59 Å². The number of nitrogens with zero attached hydrogens (tertiary/aromatic N) is 1. The second kappa shape index (κ2) is 6.70. The molecule has 0 aromatic rings. The highest BCUT2D eigenvalue weighted by molar-refractivity contribution is 7.81. The number of thiol groups is 1. The lowest BCUT2D eigenvalue weighted by molar-refractivity contribution is -0.141. The topological polar surface area (TPSA) is 55.8 Å². The molecule has 2 fully saturated rings. The maximum absolute atomic E-state index is 12.3. The molecule has 20 heavy (non-hydrogen) atoms. The predicted molar refractivity (Wildman–Crippen MR) is 77.9 cm³/mol. The number of esters is 1. The zero-order chi connectivity index (χ0) is 14.6. The van der Waals surface area contributed by atoms with Crippen LogP contribution in [0.25, 0.3) is 0 Å². The van der Waals surface area contributed by atoms with E-state index in [1.54, 1.807) is 4.90 Å². The number of carbonyl (C=O) groups excluding carboxylic acids is 2. The lowest BCUT2D eigenvalue weighted by Crippen LogP contribution is -2.42. The van der Waals surface area contributed by atoms with Crippen molar-refractivity contribution in [2.24, 2.45) is 0 Å². The fraction of sp³-hybridized carbons (Fsp3) is 0.857. The van der Waals surface area contributed by atoms with Gasteiger partial charge in [-0.3, -0.25) is 4.79 Å². The molecule has 5 nitrogen and oxygen atoms in total. The molecule has 0 bridgehead atoms. The Labute approximate surface area is 125 Å². The number of hydrogen-bond acceptors (Lipinski definition) is 5. The summed E-state index contributed by atoms with van der Waals surface area (Å²) in [5.41, 5.74) is -0.313. The number of hydrogen-bond donors (Lipinski definition) is 1. The van der Waals surface area contributed by atoms with Crippen LogP contribution in [0.4, 0.5) is 4.79 Å². The molecule has 2 rings (SSSR count). The van der Waals surface area contributed by atoms with E-state index in [2.05, 4.69) is 12.6 Å². The Morgan fingerprint density at radius 2 is 2.00 bits per heavy atom. The molecule has 1 saturated carbocycles. The lowest BCUT2D eigenvalue weighted by Gasteiger charge is -2.30. The van der Waals surface area contributed by atoms with Gasteiger partial charge in [0.15, 0.2) is 0 Å². The summed E-state index contributed by atoms with van der Waals surface area (Å²) in [5.74, 6) is -0.286. The van der Waals surface area contributed by atoms with Crippen molar-refractivity contribution in [2.45, 2.75) is 57.1 Å². The fourth-order valence-electron chi connectivity index (χ4n) is 2.98. The van der Waals surface area contributed by atoms with Gasteiger partial charge in [0.2, 0.25) is 0 Å². The van der Waals surface area contributed by atoms with Crippen LogP contribution in [0.15, 0.2) is 0 Å². The van der Waals surface area contributed by atoms with Crippen molar-refractivity contribution in [3.8, 4) is 0 Å². The average molecular weight is 301 g/mol. The minimum atomic E-state index is -0.351. The minimum Gasteiger partial charge on any atom is -0.463 e. The summed E-state index contributed by atoms with van der Waals surface area (Å²) in [7, 11) is 0. The Morgan fingerprint density at radius 3 is 2.65 bits per heavy atom. The first kappa shape index (κ1) is 15.5. The zero-order valence-electron chi connectivity index (χ0n) is 12.0. The van der Waals surface area contributed by atoms with Crippen LogP contribution in [0.3, 0.4) is 0 Å². The highest BCUT2D eigenvalue weighted by Gasteiger charge is 2.37. The van der Waals surface area contributed by atoms with Crippen LogP contribution in [0.2, 0.25) is 0 Å². The third kappa shape index (κ3) is 3.81. The Hall–Kier alpha value is -0.910. The van der Waals surface area contributed by atoms with Gasteiger partial charge in [-0.15, -0.1) is 0 Å². The SMILES string of the molecule is CC1(OC(=O)N2CCCC2COC(=O)CS)CCCC1. The summed E-state index contributed by atoms with van der Waals surface area (Å²) in [6.07, 6.45) is 5.62. The number of carbonyl (C=O) groups is 2. The fourth-order valence-corrected chi connectivity index (χ4v) is 3.07. The van der Waals surface area contributed by atoms with Crippen LogP contribution in [-0.4, -0.2) is 47.5 Å². The first-order valence-electron chi connectivity index (χ1n) is 7.30. The van der Waals surface area contributed by atoms with Crippen molar-refractivity contribution >= 4 is 24.7 Å². The highest BCUT2D eigenvalue weighted by Crippen LogP contribution is 2.33. The summed E-state index contributed by atoms with van der Waals surface area (Å²) < 4.78 is 10.8. The quantitative estimate of drug-likeness (QED) is 0.640.